The lowest BCUT2D eigenvalue weighted by Crippen LogP contribution is -2.23. The Morgan fingerprint density at radius 2 is 1.97 bits per heavy atom. The Morgan fingerprint density at radius 1 is 1.09 bits per heavy atom. The fraction of sp³-hybridized carbons (Fsp3) is 0.250. The Hall–Kier alpha value is -3.10. The van der Waals surface area contributed by atoms with Gasteiger partial charge in [-0.2, -0.15) is 0 Å². The van der Waals surface area contributed by atoms with E-state index >= 15 is 0 Å². The first-order valence-electron chi connectivity index (χ1n) is 10.9. The Kier molecular flexibility index (Phi) is 6.20. The lowest BCUT2D eigenvalue weighted by molar-refractivity contribution is 0.530. The predicted octanol–water partition coefficient (Wildman–Crippen LogP) is 5.84. The monoisotopic (exact) mass is 479 g/mol. The minimum absolute atomic E-state index is 0.0305. The zero-order valence-electron chi connectivity index (χ0n) is 18.1. The van der Waals surface area contributed by atoms with Gasteiger partial charge in [0.05, 0.1) is 22.9 Å². The van der Waals surface area contributed by atoms with Crippen molar-refractivity contribution in [1.29, 1.82) is 0 Å². The maximum Gasteiger partial charge on any atom is 0.262 e. The highest BCUT2D eigenvalue weighted by Gasteiger charge is 2.17. The molecular weight excluding hydrogens is 458 g/mol. The second-order valence-corrected chi connectivity index (χ2v) is 9.10. The first kappa shape index (κ1) is 21.7. The van der Waals surface area contributed by atoms with Crippen molar-refractivity contribution in [2.75, 3.05) is 0 Å². The van der Waals surface area contributed by atoms with Gasteiger partial charge in [0, 0.05) is 17.1 Å². The van der Waals surface area contributed by atoms with Gasteiger partial charge in [-0.3, -0.25) is 13.8 Å². The molecule has 2 aromatic carbocycles. The fourth-order valence-corrected chi connectivity index (χ4v) is 4.81. The highest BCUT2D eigenvalue weighted by atomic mass is 35.5. The maximum atomic E-state index is 13.1. The summed E-state index contributed by atoms with van der Waals surface area (Å²) in [5.41, 5.74) is 1.64. The summed E-state index contributed by atoms with van der Waals surface area (Å²) in [7, 11) is 0. The molecule has 0 aliphatic heterocycles. The zero-order valence-corrected chi connectivity index (χ0v) is 19.6. The number of para-hydroxylation sites is 1. The average molecular weight is 480 g/mol. The molecule has 0 N–H and O–H groups in total. The van der Waals surface area contributed by atoms with Crippen molar-refractivity contribution in [3.63, 3.8) is 0 Å². The number of fused-ring (bicyclic) bond motifs is 3. The molecule has 0 spiro atoms. The Morgan fingerprint density at radius 3 is 2.82 bits per heavy atom. The van der Waals surface area contributed by atoms with E-state index in [2.05, 4.69) is 22.1 Å². The van der Waals surface area contributed by atoms with E-state index in [1.54, 1.807) is 10.8 Å². The molecule has 0 unspecified atom stereocenters. The third-order valence-electron chi connectivity index (χ3n) is 5.45. The van der Waals surface area contributed by atoms with Crippen LogP contribution in [-0.2, 0) is 12.3 Å². The van der Waals surface area contributed by atoms with Crippen molar-refractivity contribution in [2.24, 2.45) is 0 Å². The molecule has 5 aromatic rings. The van der Waals surface area contributed by atoms with Gasteiger partial charge < -0.3 is 4.42 Å². The summed E-state index contributed by atoms with van der Waals surface area (Å²) < 4.78 is 9.61. The molecule has 3 heterocycles. The number of unbranched alkanes of at least 4 members (excludes halogenated alkanes) is 2. The zero-order chi connectivity index (χ0) is 22.8. The highest BCUT2D eigenvalue weighted by Crippen LogP contribution is 2.28. The maximum absolute atomic E-state index is 13.1. The van der Waals surface area contributed by atoms with E-state index in [1.165, 1.54) is 11.8 Å². The Bertz CT molecular complexity index is 1490. The van der Waals surface area contributed by atoms with Gasteiger partial charge in [0.1, 0.15) is 0 Å². The second kappa shape index (κ2) is 9.41. The van der Waals surface area contributed by atoms with Crippen molar-refractivity contribution >= 4 is 40.0 Å². The van der Waals surface area contributed by atoms with Crippen LogP contribution in [0.15, 0.2) is 69.1 Å². The minimum atomic E-state index is -0.0305. The third kappa shape index (κ3) is 4.28. The number of oxazole rings is 1. The first-order valence-corrected chi connectivity index (χ1v) is 12.2. The van der Waals surface area contributed by atoms with Gasteiger partial charge >= 0.3 is 0 Å². The van der Waals surface area contributed by atoms with Crippen LogP contribution in [0.2, 0.25) is 5.02 Å². The van der Waals surface area contributed by atoms with E-state index in [-0.39, 0.29) is 5.56 Å². The number of hydrogen-bond donors (Lipinski definition) is 0. The molecule has 33 heavy (non-hydrogen) atoms. The lowest BCUT2D eigenvalue weighted by atomic mass is 10.2. The van der Waals surface area contributed by atoms with E-state index in [0.29, 0.717) is 45.3 Å². The number of nitrogens with zero attached hydrogens (tertiary/aromatic N) is 5. The van der Waals surface area contributed by atoms with Gasteiger partial charge in [0.15, 0.2) is 10.9 Å². The van der Waals surface area contributed by atoms with Crippen LogP contribution >= 0.6 is 23.4 Å². The Balaban J connectivity index is 1.47. The molecule has 0 saturated heterocycles. The molecule has 9 heteroatoms. The van der Waals surface area contributed by atoms with E-state index < -0.39 is 0 Å². The fourth-order valence-electron chi connectivity index (χ4n) is 3.83. The lowest BCUT2D eigenvalue weighted by Gasteiger charge is -2.10. The standard InChI is InChI=1S/C24H22ClN5O2S/c1-2-3-6-12-29-22(31)18-10-4-5-11-19(18)30-23(29)27-28-24(30)33-15-21-26-14-20(32-21)16-8-7-9-17(25)13-16/h4-5,7-11,13-14H,2-3,6,12,15H2,1H3. The SMILES string of the molecule is CCCCCn1c(=O)c2ccccc2n2c(SCc3ncc(-c4cccc(Cl)c4)o3)nnc12. The number of hydrogen-bond acceptors (Lipinski definition) is 6. The molecule has 0 aliphatic rings. The molecule has 0 bridgehead atoms. The third-order valence-corrected chi connectivity index (χ3v) is 6.60. The van der Waals surface area contributed by atoms with E-state index in [4.69, 9.17) is 16.0 Å². The molecule has 5 rings (SSSR count). The van der Waals surface area contributed by atoms with Crippen LogP contribution in [0.3, 0.4) is 0 Å². The van der Waals surface area contributed by atoms with Gasteiger partial charge in [0.2, 0.25) is 11.7 Å². The van der Waals surface area contributed by atoms with Crippen LogP contribution < -0.4 is 5.56 Å². The van der Waals surface area contributed by atoms with E-state index in [0.717, 1.165) is 30.3 Å². The van der Waals surface area contributed by atoms with Gasteiger partial charge in [-0.1, -0.05) is 67.4 Å². The van der Waals surface area contributed by atoms with Crippen LogP contribution in [0, 0.1) is 0 Å². The molecule has 168 valence electrons. The minimum Gasteiger partial charge on any atom is -0.440 e. The van der Waals surface area contributed by atoms with Crippen molar-refractivity contribution in [1.82, 2.24) is 24.1 Å². The van der Waals surface area contributed by atoms with Crippen LogP contribution in [0.1, 0.15) is 32.1 Å². The number of aryl methyl sites for hydroxylation is 1. The average Bonchev–Trinajstić information content (AvgIpc) is 3.47. The van der Waals surface area contributed by atoms with Crippen LogP contribution in [0.25, 0.3) is 28.0 Å². The number of rotatable bonds is 8. The second-order valence-electron chi connectivity index (χ2n) is 7.72. The van der Waals surface area contributed by atoms with Crippen LogP contribution in [-0.4, -0.2) is 24.1 Å². The Labute approximate surface area is 199 Å². The van der Waals surface area contributed by atoms with Gasteiger partial charge in [-0.25, -0.2) is 4.98 Å². The smallest absolute Gasteiger partial charge is 0.262 e. The number of benzene rings is 2. The largest absolute Gasteiger partial charge is 0.440 e. The van der Waals surface area contributed by atoms with Crippen molar-refractivity contribution in [3.05, 3.63) is 76.0 Å². The molecule has 7 nitrogen and oxygen atoms in total. The summed E-state index contributed by atoms with van der Waals surface area (Å²) in [4.78, 5) is 17.5. The number of thioether (sulfide) groups is 1. The van der Waals surface area contributed by atoms with Crippen LogP contribution in [0.4, 0.5) is 0 Å². The molecule has 3 aromatic heterocycles. The van der Waals surface area contributed by atoms with Gasteiger partial charge in [-0.15, -0.1) is 10.2 Å². The molecule has 0 radical (unpaired) electrons. The molecule has 0 aliphatic carbocycles. The molecule has 0 fully saturated rings. The normalized spacial score (nSPS) is 11.6. The first-order chi connectivity index (χ1) is 16.2. The van der Waals surface area contributed by atoms with Crippen molar-refractivity contribution < 1.29 is 4.42 Å². The quantitative estimate of drug-likeness (QED) is 0.205. The number of halogens is 1. The van der Waals surface area contributed by atoms with E-state index in [1.807, 2.05) is 52.9 Å². The van der Waals surface area contributed by atoms with Crippen LogP contribution in [0.5, 0.6) is 0 Å². The summed E-state index contributed by atoms with van der Waals surface area (Å²) in [5.74, 6) is 2.27. The van der Waals surface area contributed by atoms with Crippen molar-refractivity contribution in [3.8, 4) is 11.3 Å². The molecule has 0 amide bonds. The predicted molar refractivity (Wildman–Crippen MR) is 131 cm³/mol. The molecule has 0 saturated carbocycles. The topological polar surface area (TPSA) is 78.2 Å². The number of aromatic nitrogens is 5. The van der Waals surface area contributed by atoms with Gasteiger partial charge in [-0.05, 0) is 30.7 Å². The summed E-state index contributed by atoms with van der Waals surface area (Å²) in [5, 5.41) is 10.8. The molecule has 0 atom stereocenters. The summed E-state index contributed by atoms with van der Waals surface area (Å²) in [6, 6.07) is 15.1. The summed E-state index contributed by atoms with van der Waals surface area (Å²) in [6.45, 7) is 2.76. The summed E-state index contributed by atoms with van der Waals surface area (Å²) in [6.07, 6.45) is 4.76. The molecular formula is C24H22ClN5O2S. The summed E-state index contributed by atoms with van der Waals surface area (Å²) >= 11 is 7.56. The highest BCUT2D eigenvalue weighted by molar-refractivity contribution is 7.98. The van der Waals surface area contributed by atoms with Gasteiger partial charge in [0.25, 0.3) is 5.56 Å². The van der Waals surface area contributed by atoms with Crippen molar-refractivity contribution in [2.45, 2.75) is 43.6 Å². The van der Waals surface area contributed by atoms with E-state index in [9.17, 15) is 4.79 Å².